The number of benzene rings is 18. The van der Waals surface area contributed by atoms with Gasteiger partial charge in [0.1, 0.15) is 44.7 Å². The van der Waals surface area contributed by atoms with Crippen molar-refractivity contribution in [2.75, 3.05) is 0 Å². The number of hydrogen-bond donors (Lipinski definition) is 0. The average Bonchev–Trinajstić information content (AvgIpc) is 1.84. The highest BCUT2D eigenvalue weighted by Crippen LogP contribution is 2.58. The van der Waals surface area contributed by atoms with E-state index in [1.165, 1.54) is 77.5 Å². The smallest absolute Gasteiger partial charge is 0.167 e. The second-order valence-corrected chi connectivity index (χ2v) is 37.3. The summed E-state index contributed by atoms with van der Waals surface area (Å²) in [4.78, 5) is 45.1. The van der Waals surface area contributed by atoms with E-state index in [1.54, 1.807) is 0 Å². The quantitative estimate of drug-likeness (QED) is 0.127. The molecule has 7 heterocycles. The van der Waals surface area contributed by atoms with Crippen LogP contribution in [0.3, 0.4) is 0 Å². The second-order valence-electron chi connectivity index (χ2n) is 37.3. The number of aromatic nitrogens is 9. The van der Waals surface area contributed by atoms with Crippen LogP contribution < -0.4 is 0 Å². The highest BCUT2D eigenvalue weighted by atomic mass is 16.3. The molecule has 13 nitrogen and oxygen atoms in total. The lowest BCUT2D eigenvalue weighted by atomic mass is 9.80. The van der Waals surface area contributed by atoms with E-state index in [9.17, 15) is 0 Å². The van der Waals surface area contributed by atoms with Crippen molar-refractivity contribution >= 4 is 98.5 Å². The van der Waals surface area contributed by atoms with Crippen LogP contribution in [0.15, 0.2) is 412 Å². The molecule has 0 spiro atoms. The topological polar surface area (TPSA) is 169 Å². The van der Waals surface area contributed by atoms with Crippen molar-refractivity contribution in [3.05, 3.63) is 428 Å². The van der Waals surface area contributed by atoms with Gasteiger partial charge in [0.15, 0.2) is 52.4 Å². The van der Waals surface area contributed by atoms with Gasteiger partial charge in [0.25, 0.3) is 0 Å². The van der Waals surface area contributed by atoms with E-state index in [0.717, 1.165) is 149 Å². The Morgan fingerprint density at radius 3 is 0.949 bits per heavy atom. The molecule has 0 radical (unpaired) electrons. The molecule has 0 fully saturated rings. The molecular formula is C124H83N9O4. The van der Waals surface area contributed by atoms with Crippen molar-refractivity contribution in [1.29, 1.82) is 0 Å². The molecule has 137 heavy (non-hydrogen) atoms. The Kier molecular flexibility index (Phi) is 18.4. The molecule has 0 unspecified atom stereocenters. The molecule has 0 N–H and O–H groups in total. The van der Waals surface area contributed by atoms with Gasteiger partial charge in [0.05, 0.1) is 11.1 Å². The normalized spacial score (nSPS) is 13.4. The van der Waals surface area contributed by atoms with Gasteiger partial charge in [-0.15, -0.1) is 0 Å². The zero-order chi connectivity index (χ0) is 91.5. The largest absolute Gasteiger partial charge is 0.456 e. The lowest BCUT2D eigenvalue weighted by Gasteiger charge is -2.22. The summed E-state index contributed by atoms with van der Waals surface area (Å²) in [6.07, 6.45) is 0. The van der Waals surface area contributed by atoms with Crippen LogP contribution in [-0.2, 0) is 16.2 Å². The Balaban J connectivity index is 0.000000108. The maximum atomic E-state index is 6.70. The molecule has 28 rings (SSSR count). The molecule has 0 atom stereocenters. The summed E-state index contributed by atoms with van der Waals surface area (Å²) in [7, 11) is 0. The first-order valence-electron chi connectivity index (χ1n) is 46.4. The van der Waals surface area contributed by atoms with E-state index in [2.05, 4.69) is 278 Å². The van der Waals surface area contributed by atoms with Crippen LogP contribution in [0.4, 0.5) is 0 Å². The van der Waals surface area contributed by atoms with Gasteiger partial charge in [-0.2, -0.15) is 0 Å². The molecule has 0 amide bonds. The van der Waals surface area contributed by atoms with Gasteiger partial charge in [0, 0.05) is 98.3 Å². The van der Waals surface area contributed by atoms with Crippen LogP contribution in [0.1, 0.15) is 74.9 Å². The predicted octanol–water partition coefficient (Wildman–Crippen LogP) is 32.0. The van der Waals surface area contributed by atoms with E-state index in [0.29, 0.717) is 52.4 Å². The fraction of sp³-hybridized carbons (Fsp3) is 0.0726. The molecular weight excluding hydrogens is 1680 g/mol. The van der Waals surface area contributed by atoms with Gasteiger partial charge in [-0.05, 0) is 155 Å². The van der Waals surface area contributed by atoms with Crippen molar-refractivity contribution in [2.24, 2.45) is 0 Å². The van der Waals surface area contributed by atoms with Gasteiger partial charge >= 0.3 is 0 Å². The van der Waals surface area contributed by atoms with E-state index >= 15 is 0 Å². The predicted molar refractivity (Wildman–Crippen MR) is 553 cm³/mol. The third kappa shape index (κ3) is 13.1. The summed E-state index contributed by atoms with van der Waals surface area (Å²) in [6, 6.07) is 136. The van der Waals surface area contributed by atoms with Crippen LogP contribution in [-0.4, -0.2) is 44.9 Å². The number of hydrogen-bond acceptors (Lipinski definition) is 13. The molecule has 0 aliphatic heterocycles. The first-order chi connectivity index (χ1) is 67.2. The molecule has 7 aromatic heterocycles. The number of nitrogens with zero attached hydrogens (tertiary/aromatic N) is 9. The molecule has 0 saturated heterocycles. The number of furan rings is 4. The first-order valence-corrected chi connectivity index (χ1v) is 46.4. The lowest BCUT2D eigenvalue weighted by Crippen LogP contribution is -2.15. The highest BCUT2D eigenvalue weighted by molar-refractivity contribution is 6.17. The van der Waals surface area contributed by atoms with Crippen molar-refractivity contribution in [3.8, 4) is 147 Å². The Morgan fingerprint density at radius 2 is 0.467 bits per heavy atom. The highest BCUT2D eigenvalue weighted by Gasteiger charge is 2.42. The fourth-order valence-electron chi connectivity index (χ4n) is 21.7. The number of para-hydroxylation sites is 3. The fourth-order valence-corrected chi connectivity index (χ4v) is 21.7. The summed E-state index contributed by atoms with van der Waals surface area (Å²) in [5.74, 6) is 5.53. The minimum absolute atomic E-state index is 0.146. The van der Waals surface area contributed by atoms with Gasteiger partial charge < -0.3 is 17.7 Å². The Morgan fingerprint density at radius 1 is 0.168 bits per heavy atom. The van der Waals surface area contributed by atoms with Gasteiger partial charge in [-0.3, -0.25) is 0 Å². The minimum Gasteiger partial charge on any atom is -0.456 e. The molecule has 18 aromatic carbocycles. The summed E-state index contributed by atoms with van der Waals surface area (Å²) < 4.78 is 26.1. The first kappa shape index (κ1) is 80.3. The molecule has 25 aromatic rings. The van der Waals surface area contributed by atoms with Crippen molar-refractivity contribution in [3.63, 3.8) is 0 Å². The lowest BCUT2D eigenvalue weighted by molar-refractivity contribution is 0.657. The number of rotatable bonds is 10. The van der Waals surface area contributed by atoms with Gasteiger partial charge in [0.2, 0.25) is 0 Å². The van der Waals surface area contributed by atoms with Crippen LogP contribution in [0.2, 0.25) is 0 Å². The summed E-state index contributed by atoms with van der Waals surface area (Å²) >= 11 is 0. The third-order valence-corrected chi connectivity index (χ3v) is 28.1. The standard InChI is InChI=1S/C48H31N3O2.C40H27N3O.C36H25N3O/c1-48(2)37-19-8-6-16-32(37)33-23-25-41-43(44(33)48)36-27-30(22-24-39(36)53-41)29-14-10-15-31(26-29)46-49-45(28-12-4-3-5-13-28)50-47(51-46)35-18-11-21-40-42(35)34-17-7-9-20-38(34)52-40;1-40(2)32-18-9-8-15-28(32)29-21-22-33-34(35(29)40)30-16-10-17-31(36(30)44-33)39-42-37(25-12-4-3-5-13-25)41-38(43-39)27-20-19-24-11-6-7-14-26(24)23-27;1-36(2)28-19-10-9-16-24(28)25-20-21-29-30(31(25)36)26-17-11-18-27(32(26)40-29)35-38-33(22-12-5-3-6-13-22)37-34(39-35)23-14-7-4-8-15-23/h3-27H,1-2H3;3-23H,1-2H3;3-21H,1-2H3. The second kappa shape index (κ2) is 31.3. The molecule has 648 valence electrons. The molecule has 3 aliphatic carbocycles. The van der Waals surface area contributed by atoms with Gasteiger partial charge in [-0.25, -0.2) is 44.9 Å². The maximum absolute atomic E-state index is 6.70. The average molecular weight is 1760 g/mol. The zero-order valence-electron chi connectivity index (χ0n) is 75.7. The Bertz CT molecular complexity index is 9220. The Hall–Kier alpha value is -17.6. The van der Waals surface area contributed by atoms with E-state index in [1.807, 2.05) is 158 Å². The Labute approximate surface area is 788 Å². The molecule has 0 bridgehead atoms. The molecule has 0 saturated carbocycles. The molecule has 3 aliphatic rings. The maximum Gasteiger partial charge on any atom is 0.167 e. The van der Waals surface area contributed by atoms with Crippen LogP contribution in [0.25, 0.3) is 246 Å². The van der Waals surface area contributed by atoms with Crippen LogP contribution >= 0.6 is 0 Å². The minimum atomic E-state index is -0.158. The van der Waals surface area contributed by atoms with Crippen molar-refractivity contribution < 1.29 is 17.7 Å². The van der Waals surface area contributed by atoms with Crippen LogP contribution in [0.5, 0.6) is 0 Å². The van der Waals surface area contributed by atoms with E-state index in [4.69, 9.17) is 62.5 Å². The van der Waals surface area contributed by atoms with E-state index < -0.39 is 0 Å². The van der Waals surface area contributed by atoms with Crippen LogP contribution in [0, 0.1) is 0 Å². The summed E-state index contributed by atoms with van der Waals surface area (Å²) in [5, 5.41) is 11.1. The third-order valence-electron chi connectivity index (χ3n) is 28.1. The molecule has 13 heteroatoms. The van der Waals surface area contributed by atoms with Crippen molar-refractivity contribution in [2.45, 2.75) is 57.8 Å². The summed E-state index contributed by atoms with van der Waals surface area (Å²) in [6.45, 7) is 13.9. The zero-order valence-corrected chi connectivity index (χ0v) is 75.7. The van der Waals surface area contributed by atoms with Crippen molar-refractivity contribution in [1.82, 2.24) is 44.9 Å². The number of fused-ring (bicyclic) bond motifs is 25. The van der Waals surface area contributed by atoms with Gasteiger partial charge in [-0.1, -0.05) is 369 Å². The van der Waals surface area contributed by atoms with E-state index in [-0.39, 0.29) is 16.2 Å². The SMILES string of the molecule is CC1(C)c2ccccc2-c2ccc3oc4c(-c5nc(-c6ccccc6)nc(-c6ccc7ccccc7c6)n5)cccc4c3c21.CC1(C)c2ccccc2-c2ccc3oc4c(-c5nc(-c6ccccc6)nc(-c6ccccc6)n5)cccc4c3c21.CC1(C)c2ccccc2-c2ccc3oc4ccc(-c5cccc(-c6nc(-c7ccccc7)nc(-c7cccc8oc9ccccc9c78)n6)c5)cc4c3c21. The summed E-state index contributed by atoms with van der Waals surface area (Å²) in [5.41, 5.74) is 32.4. The monoisotopic (exact) mass is 1760 g/mol.